The molecule has 0 bridgehead atoms. The van der Waals surface area contributed by atoms with Gasteiger partial charge in [0.25, 0.3) is 5.91 Å². The highest BCUT2D eigenvalue weighted by Crippen LogP contribution is 2.31. The predicted octanol–water partition coefficient (Wildman–Crippen LogP) is 1.95. The molecule has 1 aromatic carbocycles. The van der Waals surface area contributed by atoms with Crippen molar-refractivity contribution in [3.8, 4) is 5.75 Å². The third-order valence-electron chi connectivity index (χ3n) is 4.62. The van der Waals surface area contributed by atoms with Gasteiger partial charge in [-0.2, -0.15) is 0 Å². The number of nitrogens with one attached hydrogen (secondary N) is 2. The number of ether oxygens (including phenoxy) is 2. The molecular weight excluding hydrogens is 400 g/mol. The van der Waals surface area contributed by atoms with Crippen LogP contribution in [0.5, 0.6) is 5.75 Å². The molecule has 2 heterocycles. The van der Waals surface area contributed by atoms with Crippen LogP contribution >= 0.6 is 0 Å². The summed E-state index contributed by atoms with van der Waals surface area (Å²) < 4.78 is 11.5. The number of phenols is 1. The molecule has 162 valence electrons. The second kappa shape index (κ2) is 10.5. The Kier molecular flexibility index (Phi) is 7.48. The average molecular weight is 424 g/mol. The topological polar surface area (TPSA) is 109 Å². The van der Waals surface area contributed by atoms with E-state index in [1.165, 1.54) is 25.6 Å². The van der Waals surface area contributed by atoms with Gasteiger partial charge in [-0.1, -0.05) is 54.3 Å². The Bertz CT molecular complexity index is 974. The maximum Gasteiger partial charge on any atom is 0.255 e. The Morgan fingerprint density at radius 2 is 2.13 bits per heavy atom. The van der Waals surface area contributed by atoms with Crippen LogP contribution in [-0.4, -0.2) is 41.2 Å². The van der Waals surface area contributed by atoms with Crippen molar-refractivity contribution in [2.45, 2.75) is 24.5 Å². The molecule has 2 aliphatic rings. The van der Waals surface area contributed by atoms with E-state index >= 15 is 0 Å². The van der Waals surface area contributed by atoms with E-state index in [2.05, 4.69) is 21.4 Å². The monoisotopic (exact) mass is 424 g/mol. The highest BCUT2D eigenvalue weighted by Gasteiger charge is 2.48. The van der Waals surface area contributed by atoms with Crippen molar-refractivity contribution in [1.29, 1.82) is 0 Å². The molecule has 0 aromatic heterocycles. The summed E-state index contributed by atoms with van der Waals surface area (Å²) in [7, 11) is 1.43. The predicted molar refractivity (Wildman–Crippen MR) is 114 cm³/mol. The van der Waals surface area contributed by atoms with Gasteiger partial charge in [0.15, 0.2) is 6.10 Å². The lowest BCUT2D eigenvalue weighted by atomic mass is 9.96. The number of aliphatic hydroxyl groups is 1. The fraction of sp³-hybridized carbons (Fsp3) is 0.217. The summed E-state index contributed by atoms with van der Waals surface area (Å²) in [5, 5.41) is 23.8. The van der Waals surface area contributed by atoms with Gasteiger partial charge in [-0.05, 0) is 11.6 Å². The molecular formula is C23H24N2O6. The average Bonchev–Trinajstić information content (AvgIpc) is 2.72. The second-order valence-corrected chi connectivity index (χ2v) is 6.68. The van der Waals surface area contributed by atoms with E-state index in [1.54, 1.807) is 36.4 Å². The molecule has 3 atom stereocenters. The van der Waals surface area contributed by atoms with Gasteiger partial charge in [-0.15, -0.1) is 0 Å². The number of allylic oxidation sites excluding steroid dienone is 4. The van der Waals surface area contributed by atoms with E-state index in [-0.39, 0.29) is 12.4 Å². The molecule has 2 aliphatic heterocycles. The first kappa shape index (κ1) is 22.1. The number of aliphatic hydroxyl groups excluding tert-OH is 1. The molecule has 31 heavy (non-hydrogen) atoms. The van der Waals surface area contributed by atoms with Crippen molar-refractivity contribution in [2.24, 2.45) is 0 Å². The number of carbonyl (C=O) groups is 1. The Labute approximate surface area is 180 Å². The zero-order chi connectivity index (χ0) is 22.1. The lowest BCUT2D eigenvalue weighted by Gasteiger charge is -2.43. The lowest BCUT2D eigenvalue weighted by Crippen LogP contribution is -2.63. The first-order chi connectivity index (χ1) is 15.1. The molecule has 0 radical (unpaired) electrons. The van der Waals surface area contributed by atoms with Gasteiger partial charge in [-0.25, -0.2) is 0 Å². The number of rotatable bonds is 5. The van der Waals surface area contributed by atoms with Crippen LogP contribution in [0.25, 0.3) is 6.08 Å². The van der Waals surface area contributed by atoms with Crippen LogP contribution in [0.1, 0.15) is 11.1 Å². The summed E-state index contributed by atoms with van der Waals surface area (Å²) in [5.41, 5.74) is 4.93. The maximum atomic E-state index is 12.3. The zero-order valence-corrected chi connectivity index (χ0v) is 16.9. The first-order valence-electron chi connectivity index (χ1n) is 9.55. The number of hydroxylamine groups is 1. The lowest BCUT2D eigenvalue weighted by molar-refractivity contribution is -0.169. The van der Waals surface area contributed by atoms with Crippen molar-refractivity contribution >= 4 is 12.0 Å². The minimum Gasteiger partial charge on any atom is -0.508 e. The van der Waals surface area contributed by atoms with Crippen LogP contribution in [0.4, 0.5) is 0 Å². The molecule has 4 N–H and O–H groups in total. The van der Waals surface area contributed by atoms with E-state index in [9.17, 15) is 15.0 Å². The first-order valence-corrected chi connectivity index (χ1v) is 9.55. The third-order valence-corrected chi connectivity index (χ3v) is 4.62. The number of hydrogen-bond acceptors (Lipinski definition) is 7. The van der Waals surface area contributed by atoms with E-state index in [0.29, 0.717) is 5.56 Å². The van der Waals surface area contributed by atoms with Gasteiger partial charge in [0.05, 0.1) is 26.2 Å². The number of benzene rings is 1. The highest BCUT2D eigenvalue weighted by molar-refractivity contribution is 5.88. The minimum absolute atomic E-state index is 0.0199. The summed E-state index contributed by atoms with van der Waals surface area (Å²) in [5.74, 6) is -0.454. The normalized spacial score (nSPS) is 24.3. The molecule has 3 unspecified atom stereocenters. The standard InChI is InChI=1S/C23H24N2O6/c1-29-24-14-7-12-21(28)25-23(13-15-31-23)22-20(27)10-5-3-2-4-8-17-9-6-11-19(26)18(17)16-30-22/h2-6,8-15,20,22,24,26-27H,16H2,1H3,(H,25,28). The highest BCUT2D eigenvalue weighted by atomic mass is 16.6. The van der Waals surface area contributed by atoms with E-state index in [1.807, 2.05) is 18.2 Å². The molecule has 1 aromatic rings. The Hall–Kier alpha value is -3.55. The Morgan fingerprint density at radius 3 is 2.87 bits per heavy atom. The van der Waals surface area contributed by atoms with Gasteiger partial charge in [0, 0.05) is 17.7 Å². The second-order valence-electron chi connectivity index (χ2n) is 6.68. The number of carbonyl (C=O) groups excluding carboxylic acids is 1. The van der Waals surface area contributed by atoms with Crippen LogP contribution < -0.4 is 10.8 Å². The molecule has 0 spiro atoms. The molecule has 0 aliphatic carbocycles. The maximum absolute atomic E-state index is 12.3. The van der Waals surface area contributed by atoms with Crippen molar-refractivity contribution in [2.75, 3.05) is 7.11 Å². The van der Waals surface area contributed by atoms with Crippen molar-refractivity contribution in [3.05, 3.63) is 90.1 Å². The van der Waals surface area contributed by atoms with Crippen LogP contribution in [0, 0.1) is 0 Å². The van der Waals surface area contributed by atoms with Crippen molar-refractivity contribution in [3.63, 3.8) is 0 Å². The molecule has 0 fully saturated rings. The molecule has 8 nitrogen and oxygen atoms in total. The number of aromatic hydroxyl groups is 1. The van der Waals surface area contributed by atoms with Gasteiger partial charge >= 0.3 is 0 Å². The smallest absolute Gasteiger partial charge is 0.255 e. The molecule has 8 heteroatoms. The Morgan fingerprint density at radius 1 is 1.32 bits per heavy atom. The summed E-state index contributed by atoms with van der Waals surface area (Å²) in [6, 6.07) is 5.14. The summed E-state index contributed by atoms with van der Waals surface area (Å²) in [6.07, 6.45) is 13.8. The molecule has 0 saturated heterocycles. The largest absolute Gasteiger partial charge is 0.508 e. The zero-order valence-electron chi connectivity index (χ0n) is 16.9. The summed E-state index contributed by atoms with van der Waals surface area (Å²) in [6.45, 7) is -0.0199. The SMILES string of the molecule is CONC=C=CC(=O)NC1(C2OCc3c(O)cccc3C=CC=CC=CC2O)C=CO1. The number of hydrogen-bond donors (Lipinski definition) is 4. The number of phenolic OH excluding ortho intramolecular Hbond substituents is 1. The summed E-state index contributed by atoms with van der Waals surface area (Å²) in [4.78, 5) is 17.0. The van der Waals surface area contributed by atoms with Crippen LogP contribution in [0.15, 0.2) is 78.9 Å². The van der Waals surface area contributed by atoms with Crippen LogP contribution in [0.2, 0.25) is 0 Å². The van der Waals surface area contributed by atoms with Gasteiger partial charge < -0.3 is 25.0 Å². The fourth-order valence-corrected chi connectivity index (χ4v) is 3.08. The molecule has 3 rings (SSSR count). The third kappa shape index (κ3) is 5.53. The van der Waals surface area contributed by atoms with Crippen molar-refractivity contribution < 1.29 is 29.3 Å². The van der Waals surface area contributed by atoms with Gasteiger partial charge in [0.2, 0.25) is 5.72 Å². The van der Waals surface area contributed by atoms with E-state index < -0.39 is 23.8 Å². The summed E-state index contributed by atoms with van der Waals surface area (Å²) >= 11 is 0. The van der Waals surface area contributed by atoms with Crippen LogP contribution in [0.3, 0.4) is 0 Å². The number of fused-ring (bicyclic) bond motifs is 1. The quantitative estimate of drug-likeness (QED) is 0.325. The fourth-order valence-electron chi connectivity index (χ4n) is 3.08. The van der Waals surface area contributed by atoms with E-state index in [0.717, 1.165) is 11.6 Å². The van der Waals surface area contributed by atoms with Crippen LogP contribution in [-0.2, 0) is 25.7 Å². The molecule has 1 amide bonds. The number of amides is 1. The minimum atomic E-state index is -1.40. The van der Waals surface area contributed by atoms with E-state index in [4.69, 9.17) is 9.47 Å². The molecule has 0 saturated carbocycles. The van der Waals surface area contributed by atoms with Gasteiger partial charge in [0.1, 0.15) is 11.9 Å². The van der Waals surface area contributed by atoms with Crippen molar-refractivity contribution in [1.82, 2.24) is 10.8 Å². The Balaban J connectivity index is 1.88. The van der Waals surface area contributed by atoms with Gasteiger partial charge in [-0.3, -0.25) is 15.1 Å².